The van der Waals surface area contributed by atoms with Crippen LogP contribution in [0.2, 0.25) is 0 Å². The highest BCUT2D eigenvalue weighted by atomic mass is 32.2. The molecule has 5 rings (SSSR count). The van der Waals surface area contributed by atoms with E-state index in [9.17, 15) is 14.4 Å². The summed E-state index contributed by atoms with van der Waals surface area (Å²) in [5.74, 6) is -0.241. The molecule has 3 heterocycles. The number of esters is 2. The molecule has 0 aliphatic carbocycles. The van der Waals surface area contributed by atoms with Gasteiger partial charge in [0.2, 0.25) is 5.91 Å². The zero-order valence-electron chi connectivity index (χ0n) is 18.1. The van der Waals surface area contributed by atoms with Gasteiger partial charge < -0.3 is 15.2 Å². The third-order valence-electron chi connectivity index (χ3n) is 5.78. The minimum Gasteiger partial charge on any atom is -0.457 e. The molecule has 34 heavy (non-hydrogen) atoms. The van der Waals surface area contributed by atoms with Crippen molar-refractivity contribution in [1.82, 2.24) is 4.90 Å². The van der Waals surface area contributed by atoms with E-state index in [0.29, 0.717) is 11.5 Å². The Hall–Kier alpha value is -3.01. The molecular formula is C25H22N2O5S2. The smallest absolute Gasteiger partial charge is 0.356 e. The van der Waals surface area contributed by atoms with E-state index in [4.69, 9.17) is 15.2 Å². The van der Waals surface area contributed by atoms with Gasteiger partial charge in [-0.15, -0.1) is 23.5 Å². The van der Waals surface area contributed by atoms with Crippen LogP contribution in [0.25, 0.3) is 0 Å². The standard InChI is InChI=1S/C25H22N2O5S2/c26-20-23(29)27-21(17(14-34-24(20)27)13-33-18-11-19(28)31-12-18)25(30)32-22(15-7-3-1-4-8-15)16-9-5-2-6-10-16/h1-11,20,22,24H,12-14,26H2/t20-,24+/m1/s1. The number of hydrogen-bond acceptors (Lipinski definition) is 8. The van der Waals surface area contributed by atoms with E-state index in [1.54, 1.807) is 0 Å². The molecule has 9 heteroatoms. The van der Waals surface area contributed by atoms with Gasteiger partial charge in [0.15, 0.2) is 6.10 Å². The molecule has 1 fully saturated rings. The van der Waals surface area contributed by atoms with E-state index >= 15 is 0 Å². The summed E-state index contributed by atoms with van der Waals surface area (Å²) in [6, 6.07) is 18.4. The molecule has 0 aromatic heterocycles. The number of amides is 1. The fourth-order valence-electron chi connectivity index (χ4n) is 4.05. The maximum absolute atomic E-state index is 13.6. The summed E-state index contributed by atoms with van der Waals surface area (Å²) >= 11 is 2.96. The Kier molecular flexibility index (Phi) is 6.49. The zero-order chi connectivity index (χ0) is 23.7. The van der Waals surface area contributed by atoms with Crippen LogP contribution in [0.4, 0.5) is 0 Å². The largest absolute Gasteiger partial charge is 0.457 e. The van der Waals surface area contributed by atoms with Crippen LogP contribution in [0.5, 0.6) is 0 Å². The van der Waals surface area contributed by atoms with Crippen molar-refractivity contribution in [2.75, 3.05) is 18.1 Å². The third-order valence-corrected chi connectivity index (χ3v) is 8.24. The summed E-state index contributed by atoms with van der Waals surface area (Å²) in [4.78, 5) is 39.9. The van der Waals surface area contributed by atoms with Gasteiger partial charge in [0.25, 0.3) is 0 Å². The Morgan fingerprint density at radius 1 is 1.12 bits per heavy atom. The average Bonchev–Trinajstić information content (AvgIpc) is 3.30. The van der Waals surface area contributed by atoms with E-state index in [2.05, 4.69) is 0 Å². The summed E-state index contributed by atoms with van der Waals surface area (Å²) < 4.78 is 11.0. The van der Waals surface area contributed by atoms with E-state index in [1.165, 1.54) is 34.5 Å². The zero-order valence-corrected chi connectivity index (χ0v) is 19.7. The number of ether oxygens (including phenoxy) is 2. The second-order valence-electron chi connectivity index (χ2n) is 8.00. The molecule has 1 saturated heterocycles. The average molecular weight is 495 g/mol. The number of hydrogen-bond donors (Lipinski definition) is 1. The van der Waals surface area contributed by atoms with Crippen LogP contribution in [0, 0.1) is 0 Å². The molecule has 7 nitrogen and oxygen atoms in total. The Labute approximate surface area is 205 Å². The molecule has 2 N–H and O–H groups in total. The fourth-order valence-corrected chi connectivity index (χ4v) is 6.39. The van der Waals surface area contributed by atoms with Gasteiger partial charge in [-0.2, -0.15) is 0 Å². The molecule has 0 radical (unpaired) electrons. The first-order valence-electron chi connectivity index (χ1n) is 10.8. The molecule has 0 saturated carbocycles. The monoisotopic (exact) mass is 494 g/mol. The highest BCUT2D eigenvalue weighted by Crippen LogP contribution is 2.42. The lowest BCUT2D eigenvalue weighted by Gasteiger charge is -2.48. The van der Waals surface area contributed by atoms with Crippen molar-refractivity contribution >= 4 is 41.4 Å². The number of cyclic esters (lactones) is 1. The predicted molar refractivity (Wildman–Crippen MR) is 130 cm³/mol. The Balaban J connectivity index is 1.46. The molecule has 174 valence electrons. The molecule has 3 aliphatic rings. The maximum atomic E-state index is 13.6. The minimum absolute atomic E-state index is 0.226. The molecule has 2 aromatic carbocycles. The molecule has 0 unspecified atom stereocenters. The second-order valence-corrected chi connectivity index (χ2v) is 10.2. The van der Waals surface area contributed by atoms with E-state index < -0.39 is 18.1 Å². The van der Waals surface area contributed by atoms with Gasteiger partial charge in [-0.05, 0) is 16.7 Å². The predicted octanol–water partition coefficient (Wildman–Crippen LogP) is 2.99. The Morgan fingerprint density at radius 3 is 2.35 bits per heavy atom. The topological polar surface area (TPSA) is 98.9 Å². The summed E-state index contributed by atoms with van der Waals surface area (Å²) in [6.07, 6.45) is 0.825. The van der Waals surface area contributed by atoms with Crippen LogP contribution in [-0.2, 0) is 23.9 Å². The van der Waals surface area contributed by atoms with Crippen molar-refractivity contribution in [1.29, 1.82) is 0 Å². The van der Waals surface area contributed by atoms with Gasteiger partial charge in [0.1, 0.15) is 23.7 Å². The van der Waals surface area contributed by atoms with E-state index in [0.717, 1.165) is 21.6 Å². The van der Waals surface area contributed by atoms with Crippen LogP contribution >= 0.6 is 23.5 Å². The highest BCUT2D eigenvalue weighted by molar-refractivity contribution is 8.03. The van der Waals surface area contributed by atoms with Crippen molar-refractivity contribution in [2.45, 2.75) is 17.5 Å². The van der Waals surface area contributed by atoms with Gasteiger partial charge in [-0.25, -0.2) is 9.59 Å². The number of fused-ring (bicyclic) bond motifs is 1. The number of rotatable bonds is 7. The summed E-state index contributed by atoms with van der Waals surface area (Å²) in [6.45, 7) is 0.226. The Morgan fingerprint density at radius 2 is 1.76 bits per heavy atom. The van der Waals surface area contributed by atoms with E-state index in [1.807, 2.05) is 60.7 Å². The van der Waals surface area contributed by atoms with Gasteiger partial charge >= 0.3 is 11.9 Å². The van der Waals surface area contributed by atoms with Crippen LogP contribution in [0.15, 0.2) is 82.9 Å². The van der Waals surface area contributed by atoms with Crippen molar-refractivity contribution in [2.24, 2.45) is 5.73 Å². The molecule has 3 aliphatic heterocycles. The third kappa shape index (κ3) is 4.38. The second kappa shape index (κ2) is 9.69. The van der Waals surface area contributed by atoms with Crippen molar-refractivity contribution in [3.63, 3.8) is 0 Å². The molecular weight excluding hydrogens is 472 g/mol. The van der Waals surface area contributed by atoms with Gasteiger partial charge in [0, 0.05) is 22.5 Å². The Bertz CT molecular complexity index is 1140. The highest BCUT2D eigenvalue weighted by Gasteiger charge is 2.52. The first-order chi connectivity index (χ1) is 16.5. The number of benzene rings is 2. The van der Waals surface area contributed by atoms with Crippen LogP contribution in [0.1, 0.15) is 17.2 Å². The van der Waals surface area contributed by atoms with Crippen molar-refractivity contribution in [3.05, 3.63) is 94.0 Å². The number of carbonyl (C=O) groups is 3. The summed E-state index contributed by atoms with van der Waals surface area (Å²) in [7, 11) is 0. The lowest BCUT2D eigenvalue weighted by Crippen LogP contribution is -2.68. The summed E-state index contributed by atoms with van der Waals surface area (Å²) in [5.41, 5.74) is 8.70. The lowest BCUT2D eigenvalue weighted by molar-refractivity contribution is -0.153. The first-order valence-corrected chi connectivity index (χ1v) is 12.8. The van der Waals surface area contributed by atoms with Gasteiger partial charge in [-0.3, -0.25) is 9.69 Å². The SMILES string of the molecule is N[C@@H]1C(=O)N2C(C(=O)OC(c3ccccc3)c3ccccc3)=C(CSC3=CC(=O)OC3)CS[C@@H]12. The molecule has 1 amide bonds. The van der Waals surface area contributed by atoms with Gasteiger partial charge in [0.05, 0.1) is 0 Å². The molecule has 2 atom stereocenters. The molecule has 0 bridgehead atoms. The number of thioether (sulfide) groups is 2. The van der Waals surface area contributed by atoms with Crippen molar-refractivity contribution < 1.29 is 23.9 Å². The summed E-state index contributed by atoms with van der Waals surface area (Å²) in [5, 5.41) is -0.286. The van der Waals surface area contributed by atoms with E-state index in [-0.39, 0.29) is 29.6 Å². The van der Waals surface area contributed by atoms with Crippen LogP contribution in [0.3, 0.4) is 0 Å². The maximum Gasteiger partial charge on any atom is 0.356 e. The first kappa shape index (κ1) is 22.8. The quantitative estimate of drug-likeness (QED) is 0.463. The number of nitrogens with two attached hydrogens (primary N) is 1. The van der Waals surface area contributed by atoms with Crippen LogP contribution < -0.4 is 5.73 Å². The lowest BCUT2D eigenvalue weighted by atomic mass is 10.0. The number of β-lactam (4-membered cyclic amide) rings is 1. The van der Waals surface area contributed by atoms with Gasteiger partial charge in [-0.1, -0.05) is 60.7 Å². The molecule has 0 spiro atoms. The number of carbonyl (C=O) groups excluding carboxylic acids is 3. The number of nitrogens with zero attached hydrogens (tertiary/aromatic N) is 1. The van der Waals surface area contributed by atoms with Crippen LogP contribution in [-0.4, -0.2) is 52.3 Å². The minimum atomic E-state index is -0.635. The molecule has 2 aromatic rings. The normalized spacial score (nSPS) is 21.7. The fraction of sp³-hybridized carbons (Fsp3) is 0.240. The van der Waals surface area contributed by atoms with Crippen molar-refractivity contribution in [3.8, 4) is 0 Å².